The lowest BCUT2D eigenvalue weighted by molar-refractivity contribution is -0.167. The van der Waals surface area contributed by atoms with Gasteiger partial charge in [0.25, 0.3) is 0 Å². The van der Waals surface area contributed by atoms with Crippen LogP contribution in [0.1, 0.15) is 25.5 Å². The van der Waals surface area contributed by atoms with E-state index in [2.05, 4.69) is 10.1 Å². The number of nitrogens with zero attached hydrogens (tertiary/aromatic N) is 2. The number of anilines is 1. The Bertz CT molecular complexity index is 560. The Morgan fingerprint density at radius 2 is 1.96 bits per heavy atom. The predicted octanol–water partition coefficient (Wildman–Crippen LogP) is 1.72. The Balaban J connectivity index is 2.17. The van der Waals surface area contributed by atoms with Gasteiger partial charge in [0.2, 0.25) is 0 Å². The van der Waals surface area contributed by atoms with Crippen LogP contribution in [0.2, 0.25) is 0 Å². The summed E-state index contributed by atoms with van der Waals surface area (Å²) in [6.45, 7) is 7.33. The molecule has 3 atom stereocenters. The zero-order chi connectivity index (χ0) is 18.9. The third kappa shape index (κ3) is 5.31. The molecule has 0 amide bonds. The van der Waals surface area contributed by atoms with Crippen LogP contribution < -0.4 is 10.6 Å². The second-order valence-electron chi connectivity index (χ2n) is 5.95. The monoisotopic (exact) mass is 367 g/mol. The maximum atomic E-state index is 9.12. The molecule has 3 unspecified atom stereocenters. The van der Waals surface area contributed by atoms with Gasteiger partial charge in [0.1, 0.15) is 6.10 Å². The second-order valence-corrected chi connectivity index (χ2v) is 5.95. The molecular formula is C18H29N3O5. The molecule has 1 fully saturated rings. The quantitative estimate of drug-likeness (QED) is 0.225. The summed E-state index contributed by atoms with van der Waals surface area (Å²) in [4.78, 5) is 2.27. The van der Waals surface area contributed by atoms with Crippen molar-refractivity contribution in [3.05, 3.63) is 29.8 Å². The normalized spacial score (nSPS) is 19.2. The standard InChI is InChI=1S/C18H29N3O5/c1-4-25-13(2)26-17(18(19)20-22)16(23-3)14-5-7-15(8-6-14)21-9-11-24-12-10-21/h5-8,13,16-17,22H,4,9-12H2,1-3H3,(H2,19,20). The van der Waals surface area contributed by atoms with Gasteiger partial charge in [0.15, 0.2) is 18.2 Å². The van der Waals surface area contributed by atoms with Crippen LogP contribution in [0.25, 0.3) is 0 Å². The van der Waals surface area contributed by atoms with E-state index in [1.165, 1.54) is 0 Å². The van der Waals surface area contributed by atoms with Crippen LogP contribution in [-0.4, -0.2) is 63.5 Å². The van der Waals surface area contributed by atoms with Crippen LogP contribution in [0.5, 0.6) is 0 Å². The SMILES string of the molecule is CCOC(C)OC(/C(N)=N\O)C(OC)c1ccc(N2CCOCC2)cc1. The second kappa shape index (κ2) is 10.3. The van der Waals surface area contributed by atoms with E-state index in [9.17, 15) is 0 Å². The van der Waals surface area contributed by atoms with Gasteiger partial charge in [-0.2, -0.15) is 0 Å². The fourth-order valence-corrected chi connectivity index (χ4v) is 2.96. The highest BCUT2D eigenvalue weighted by atomic mass is 16.7. The maximum Gasteiger partial charge on any atom is 0.171 e. The maximum absolute atomic E-state index is 9.12. The van der Waals surface area contributed by atoms with Gasteiger partial charge in [0, 0.05) is 32.5 Å². The van der Waals surface area contributed by atoms with E-state index in [0.717, 1.165) is 37.6 Å². The number of hydrogen-bond acceptors (Lipinski definition) is 7. The van der Waals surface area contributed by atoms with Crippen LogP contribution in [-0.2, 0) is 18.9 Å². The summed E-state index contributed by atoms with van der Waals surface area (Å²) in [5.41, 5.74) is 7.83. The molecule has 0 spiro atoms. The van der Waals surface area contributed by atoms with Crippen molar-refractivity contribution in [3.63, 3.8) is 0 Å². The lowest BCUT2D eigenvalue weighted by Gasteiger charge is -2.30. The Labute approximate surface area is 154 Å². The van der Waals surface area contributed by atoms with E-state index in [-0.39, 0.29) is 5.84 Å². The first-order valence-electron chi connectivity index (χ1n) is 8.80. The van der Waals surface area contributed by atoms with Crippen molar-refractivity contribution < 1.29 is 24.2 Å². The Morgan fingerprint density at radius 1 is 1.31 bits per heavy atom. The van der Waals surface area contributed by atoms with Gasteiger partial charge >= 0.3 is 0 Å². The molecule has 8 heteroatoms. The summed E-state index contributed by atoms with van der Waals surface area (Å²) in [5, 5.41) is 12.2. The minimum Gasteiger partial charge on any atom is -0.409 e. The van der Waals surface area contributed by atoms with Gasteiger partial charge in [0.05, 0.1) is 13.2 Å². The lowest BCUT2D eigenvalue weighted by atomic mass is 10.0. The topological polar surface area (TPSA) is 98.8 Å². The molecule has 1 aliphatic heterocycles. The molecule has 1 aromatic rings. The first-order valence-corrected chi connectivity index (χ1v) is 8.80. The summed E-state index contributed by atoms with van der Waals surface area (Å²) in [6, 6.07) is 7.99. The summed E-state index contributed by atoms with van der Waals surface area (Å²) in [6.07, 6.45) is -1.83. The third-order valence-electron chi connectivity index (χ3n) is 4.27. The smallest absolute Gasteiger partial charge is 0.171 e. The van der Waals surface area contributed by atoms with Gasteiger partial charge in [-0.15, -0.1) is 0 Å². The van der Waals surface area contributed by atoms with Crippen molar-refractivity contribution >= 4 is 11.5 Å². The van der Waals surface area contributed by atoms with Crippen molar-refractivity contribution in [2.75, 3.05) is 44.9 Å². The van der Waals surface area contributed by atoms with Crippen molar-refractivity contribution in [2.45, 2.75) is 32.3 Å². The molecule has 1 aliphatic rings. The number of morpholine rings is 1. The zero-order valence-electron chi connectivity index (χ0n) is 15.6. The van der Waals surface area contributed by atoms with Crippen LogP contribution in [0.15, 0.2) is 29.4 Å². The van der Waals surface area contributed by atoms with E-state index < -0.39 is 18.5 Å². The van der Waals surface area contributed by atoms with Crippen LogP contribution in [0, 0.1) is 0 Å². The minimum absolute atomic E-state index is 0.0688. The zero-order valence-corrected chi connectivity index (χ0v) is 15.6. The molecular weight excluding hydrogens is 338 g/mol. The van der Waals surface area contributed by atoms with Gasteiger partial charge in [-0.05, 0) is 31.5 Å². The van der Waals surface area contributed by atoms with Crippen molar-refractivity contribution in [2.24, 2.45) is 10.9 Å². The van der Waals surface area contributed by atoms with E-state index >= 15 is 0 Å². The van der Waals surface area contributed by atoms with Gasteiger partial charge in [-0.1, -0.05) is 17.3 Å². The molecule has 0 saturated carbocycles. The number of oxime groups is 1. The third-order valence-corrected chi connectivity index (χ3v) is 4.27. The largest absolute Gasteiger partial charge is 0.409 e. The van der Waals surface area contributed by atoms with Crippen LogP contribution in [0.4, 0.5) is 5.69 Å². The number of nitrogens with two attached hydrogens (primary N) is 1. The number of amidine groups is 1. The van der Waals surface area contributed by atoms with E-state index in [1.54, 1.807) is 14.0 Å². The Morgan fingerprint density at radius 3 is 2.50 bits per heavy atom. The average Bonchev–Trinajstić information content (AvgIpc) is 2.68. The van der Waals surface area contributed by atoms with Crippen LogP contribution >= 0.6 is 0 Å². The Kier molecular flexibility index (Phi) is 8.11. The fourth-order valence-electron chi connectivity index (χ4n) is 2.96. The molecule has 0 aliphatic carbocycles. The van der Waals surface area contributed by atoms with Gasteiger partial charge < -0.3 is 34.8 Å². The van der Waals surface area contributed by atoms with E-state index in [4.69, 9.17) is 29.9 Å². The highest BCUT2D eigenvalue weighted by Crippen LogP contribution is 2.27. The summed E-state index contributed by atoms with van der Waals surface area (Å²) >= 11 is 0. The molecule has 1 heterocycles. The molecule has 2 rings (SSSR count). The molecule has 8 nitrogen and oxygen atoms in total. The average molecular weight is 367 g/mol. The highest BCUT2D eigenvalue weighted by Gasteiger charge is 2.30. The molecule has 1 aromatic carbocycles. The molecule has 1 saturated heterocycles. The number of rotatable bonds is 9. The minimum atomic E-state index is -0.777. The number of hydrogen-bond donors (Lipinski definition) is 2. The van der Waals surface area contributed by atoms with E-state index in [1.807, 2.05) is 31.2 Å². The van der Waals surface area contributed by atoms with Gasteiger partial charge in [-0.3, -0.25) is 0 Å². The molecule has 146 valence electrons. The molecule has 0 bridgehead atoms. The Hall–Kier alpha value is -1.87. The molecule has 0 radical (unpaired) electrons. The first kappa shape index (κ1) is 20.4. The number of methoxy groups -OCH3 is 1. The highest BCUT2D eigenvalue weighted by molar-refractivity contribution is 5.85. The van der Waals surface area contributed by atoms with Crippen molar-refractivity contribution in [1.82, 2.24) is 0 Å². The van der Waals surface area contributed by atoms with Gasteiger partial charge in [-0.25, -0.2) is 0 Å². The summed E-state index contributed by atoms with van der Waals surface area (Å²) < 4.78 is 22.2. The fraction of sp³-hybridized carbons (Fsp3) is 0.611. The van der Waals surface area contributed by atoms with Crippen LogP contribution in [0.3, 0.4) is 0 Å². The number of ether oxygens (including phenoxy) is 4. The lowest BCUT2D eigenvalue weighted by Crippen LogP contribution is -2.40. The molecule has 3 N–H and O–H groups in total. The summed E-state index contributed by atoms with van der Waals surface area (Å²) in [5.74, 6) is -0.0688. The predicted molar refractivity (Wildman–Crippen MR) is 98.6 cm³/mol. The van der Waals surface area contributed by atoms with Crippen molar-refractivity contribution in [3.8, 4) is 0 Å². The van der Waals surface area contributed by atoms with E-state index in [0.29, 0.717) is 6.61 Å². The first-order chi connectivity index (χ1) is 12.6. The number of benzene rings is 1. The van der Waals surface area contributed by atoms with Crippen molar-refractivity contribution in [1.29, 1.82) is 0 Å². The summed E-state index contributed by atoms with van der Waals surface area (Å²) in [7, 11) is 1.56. The molecule has 0 aromatic heterocycles. The molecule has 26 heavy (non-hydrogen) atoms.